The predicted octanol–water partition coefficient (Wildman–Crippen LogP) is 6.46. The number of anilines is 1. The number of ether oxygens (including phenoxy) is 1. The van der Waals surface area contributed by atoms with Crippen LogP contribution in [0.15, 0.2) is 95.9 Å². The number of benzene rings is 4. The summed E-state index contributed by atoms with van der Waals surface area (Å²) in [5.74, 6) is -1.75. The van der Waals surface area contributed by atoms with Gasteiger partial charge in [0.05, 0.1) is 28.7 Å². The first-order chi connectivity index (χ1) is 20.5. The van der Waals surface area contributed by atoms with Gasteiger partial charge in [-0.3, -0.25) is 19.2 Å². The Morgan fingerprint density at radius 2 is 1.65 bits per heavy atom. The van der Waals surface area contributed by atoms with Crippen LogP contribution in [-0.4, -0.2) is 44.3 Å². The van der Waals surface area contributed by atoms with Crippen molar-refractivity contribution in [1.82, 2.24) is 4.90 Å². The van der Waals surface area contributed by atoms with Gasteiger partial charge in [0, 0.05) is 47.9 Å². The molecule has 0 N–H and O–H groups in total. The number of nitro groups is 1. The molecule has 0 bridgehead atoms. The van der Waals surface area contributed by atoms with E-state index in [9.17, 15) is 32.1 Å². The number of non-ortho nitro benzene ring substituents is 1. The number of rotatable bonds is 12. The van der Waals surface area contributed by atoms with Gasteiger partial charge in [-0.1, -0.05) is 29.8 Å². The predicted molar refractivity (Wildman–Crippen MR) is 158 cm³/mol. The molecule has 1 amide bonds. The highest BCUT2D eigenvalue weighted by Gasteiger charge is 2.29. The second-order valence-electron chi connectivity index (χ2n) is 9.40. The Bertz CT molecular complexity index is 1720. The fourth-order valence-electron chi connectivity index (χ4n) is 4.17. The summed E-state index contributed by atoms with van der Waals surface area (Å²) in [6, 6.07) is 19.7. The Kier molecular flexibility index (Phi) is 9.94. The Morgan fingerprint density at radius 3 is 2.33 bits per heavy atom. The zero-order chi connectivity index (χ0) is 31.1. The number of halogens is 3. The van der Waals surface area contributed by atoms with Gasteiger partial charge in [-0.15, -0.1) is 0 Å². The van der Waals surface area contributed by atoms with Gasteiger partial charge in [-0.25, -0.2) is 17.2 Å². The number of para-hydroxylation sites is 1. The van der Waals surface area contributed by atoms with Crippen LogP contribution in [0, 0.1) is 21.7 Å². The monoisotopic (exact) mass is 629 g/mol. The van der Waals surface area contributed by atoms with Crippen LogP contribution in [0.4, 0.5) is 20.2 Å². The Hall–Kier alpha value is -4.55. The summed E-state index contributed by atoms with van der Waals surface area (Å²) < 4.78 is 63.1. The van der Waals surface area contributed by atoms with E-state index in [1.807, 2.05) is 0 Å². The summed E-state index contributed by atoms with van der Waals surface area (Å²) in [4.78, 5) is 24.2. The van der Waals surface area contributed by atoms with Crippen LogP contribution < -0.4 is 9.04 Å². The summed E-state index contributed by atoms with van der Waals surface area (Å²) in [6.45, 7) is 0.0662. The number of carbonyl (C=O) groups excluding carboxylic acids is 1. The lowest BCUT2D eigenvalue weighted by atomic mass is 10.2. The third-order valence-electron chi connectivity index (χ3n) is 6.43. The average Bonchev–Trinajstić information content (AvgIpc) is 2.99. The van der Waals surface area contributed by atoms with Crippen LogP contribution in [0.1, 0.15) is 22.3 Å². The molecule has 13 heteroatoms. The molecule has 0 fully saturated rings. The van der Waals surface area contributed by atoms with Gasteiger partial charge in [0.15, 0.2) is 0 Å². The second-order valence-corrected chi connectivity index (χ2v) is 11.7. The van der Waals surface area contributed by atoms with Crippen molar-refractivity contribution in [3.63, 3.8) is 0 Å². The summed E-state index contributed by atoms with van der Waals surface area (Å²) in [5.41, 5.74) is 0.0898. The van der Waals surface area contributed by atoms with E-state index in [1.165, 1.54) is 53.4 Å². The van der Waals surface area contributed by atoms with Gasteiger partial charge in [0.1, 0.15) is 17.4 Å². The molecule has 0 aliphatic heterocycles. The van der Waals surface area contributed by atoms with E-state index in [0.717, 1.165) is 22.5 Å². The molecule has 43 heavy (non-hydrogen) atoms. The summed E-state index contributed by atoms with van der Waals surface area (Å²) in [5, 5.41) is 11.2. The topological polar surface area (TPSA) is 110 Å². The zero-order valence-corrected chi connectivity index (χ0v) is 24.4. The van der Waals surface area contributed by atoms with Gasteiger partial charge >= 0.3 is 0 Å². The van der Waals surface area contributed by atoms with Crippen LogP contribution in [0.5, 0.6) is 5.75 Å². The third-order valence-corrected chi connectivity index (χ3v) is 8.46. The Morgan fingerprint density at radius 1 is 0.977 bits per heavy atom. The first-order valence-corrected chi connectivity index (χ1v) is 14.7. The summed E-state index contributed by atoms with van der Waals surface area (Å²) >= 11 is 5.92. The van der Waals surface area contributed by atoms with Crippen LogP contribution in [0.2, 0.25) is 5.02 Å². The maximum absolute atomic E-state index is 14.9. The van der Waals surface area contributed by atoms with E-state index in [-0.39, 0.29) is 29.6 Å². The number of hydrogen-bond acceptors (Lipinski definition) is 6. The van der Waals surface area contributed by atoms with Crippen LogP contribution >= 0.6 is 11.6 Å². The van der Waals surface area contributed by atoms with E-state index in [0.29, 0.717) is 34.9 Å². The molecular formula is C30H26ClF2N3O6S. The molecule has 0 aliphatic rings. The molecule has 0 saturated heterocycles. The normalized spacial score (nSPS) is 11.2. The van der Waals surface area contributed by atoms with Crippen LogP contribution in [0.25, 0.3) is 0 Å². The van der Waals surface area contributed by atoms with E-state index >= 15 is 0 Å². The standard InChI is InChI=1S/C30H26ClF2N3O6S/c1-34(30(37)21-7-12-25(13-8-21)36(38)39)17-4-18-42-29-6-3-2-5-22(29)20-35(28-19-24(32)11-16-27(28)33)43(40,41)26-14-9-23(31)10-15-26/h2-3,5-16,19H,4,17-18,20H2,1H3. The van der Waals surface area contributed by atoms with E-state index in [1.54, 1.807) is 31.3 Å². The van der Waals surface area contributed by atoms with Crippen molar-refractivity contribution in [3.05, 3.63) is 129 Å². The maximum Gasteiger partial charge on any atom is 0.269 e. The highest BCUT2D eigenvalue weighted by Crippen LogP contribution is 2.32. The first kappa shape index (κ1) is 31.4. The van der Waals surface area contributed by atoms with Crippen molar-refractivity contribution < 1.29 is 31.7 Å². The molecule has 0 radical (unpaired) electrons. The zero-order valence-electron chi connectivity index (χ0n) is 22.8. The average molecular weight is 630 g/mol. The molecule has 224 valence electrons. The number of hydrogen-bond donors (Lipinski definition) is 0. The van der Waals surface area contributed by atoms with Crippen molar-refractivity contribution in [3.8, 4) is 5.75 Å². The summed E-state index contributed by atoms with van der Waals surface area (Å²) in [7, 11) is -2.79. The molecular weight excluding hydrogens is 604 g/mol. The van der Waals surface area contributed by atoms with Crippen molar-refractivity contribution >= 4 is 38.9 Å². The molecule has 9 nitrogen and oxygen atoms in total. The minimum absolute atomic E-state index is 0.120. The number of nitrogens with zero attached hydrogens (tertiary/aromatic N) is 3. The fourth-order valence-corrected chi connectivity index (χ4v) is 5.74. The van der Waals surface area contributed by atoms with Crippen molar-refractivity contribution in [2.24, 2.45) is 0 Å². The summed E-state index contributed by atoms with van der Waals surface area (Å²) in [6.07, 6.45) is 0.398. The number of carbonyl (C=O) groups is 1. The number of amides is 1. The number of nitro benzene ring substituents is 1. The molecule has 4 rings (SSSR count). The molecule has 0 heterocycles. The molecule has 0 aliphatic carbocycles. The smallest absolute Gasteiger partial charge is 0.269 e. The van der Waals surface area contributed by atoms with Gasteiger partial charge in [-0.2, -0.15) is 0 Å². The molecule has 0 spiro atoms. The lowest BCUT2D eigenvalue weighted by molar-refractivity contribution is -0.384. The molecule has 0 unspecified atom stereocenters. The lowest BCUT2D eigenvalue weighted by Crippen LogP contribution is -2.31. The van der Waals surface area contributed by atoms with Gasteiger partial charge in [-0.05, 0) is 61.0 Å². The highest BCUT2D eigenvalue weighted by molar-refractivity contribution is 7.92. The molecule has 0 saturated carbocycles. The molecule has 0 atom stereocenters. The van der Waals surface area contributed by atoms with Crippen LogP contribution in [0.3, 0.4) is 0 Å². The Labute approximate surface area is 252 Å². The van der Waals surface area contributed by atoms with Gasteiger partial charge in [0.2, 0.25) is 0 Å². The molecule has 0 aromatic heterocycles. The largest absolute Gasteiger partial charge is 0.493 e. The van der Waals surface area contributed by atoms with Gasteiger partial charge in [0.25, 0.3) is 21.6 Å². The minimum atomic E-state index is -4.37. The van der Waals surface area contributed by atoms with Gasteiger partial charge < -0.3 is 9.64 Å². The lowest BCUT2D eigenvalue weighted by Gasteiger charge is -2.26. The third kappa shape index (κ3) is 7.65. The number of sulfonamides is 1. The first-order valence-electron chi connectivity index (χ1n) is 12.9. The Balaban J connectivity index is 1.49. The van der Waals surface area contributed by atoms with E-state index in [4.69, 9.17) is 16.3 Å². The molecule has 4 aromatic carbocycles. The van der Waals surface area contributed by atoms with Crippen molar-refractivity contribution in [1.29, 1.82) is 0 Å². The fraction of sp³-hybridized carbons (Fsp3) is 0.167. The van der Waals surface area contributed by atoms with Crippen LogP contribution in [-0.2, 0) is 16.6 Å². The van der Waals surface area contributed by atoms with Crippen molar-refractivity contribution in [2.75, 3.05) is 24.5 Å². The molecule has 4 aromatic rings. The van der Waals surface area contributed by atoms with E-state index < -0.39 is 32.3 Å². The highest BCUT2D eigenvalue weighted by atomic mass is 35.5. The van der Waals surface area contributed by atoms with E-state index in [2.05, 4.69) is 0 Å². The quantitative estimate of drug-likeness (QED) is 0.101. The maximum atomic E-state index is 14.9. The second kappa shape index (κ2) is 13.6. The SMILES string of the molecule is CN(CCCOc1ccccc1CN(c1cc(F)ccc1F)S(=O)(=O)c1ccc(Cl)cc1)C(=O)c1ccc([N+](=O)[O-])cc1. The van der Waals surface area contributed by atoms with Crippen molar-refractivity contribution in [2.45, 2.75) is 17.9 Å². The minimum Gasteiger partial charge on any atom is -0.493 e.